The van der Waals surface area contributed by atoms with E-state index in [2.05, 4.69) is 112 Å². The summed E-state index contributed by atoms with van der Waals surface area (Å²) in [6.07, 6.45) is 14.0. The minimum atomic E-state index is -0.0146. The summed E-state index contributed by atoms with van der Waals surface area (Å²) in [5.74, 6) is 0. The van der Waals surface area contributed by atoms with Crippen molar-refractivity contribution in [3.63, 3.8) is 0 Å². The summed E-state index contributed by atoms with van der Waals surface area (Å²) < 4.78 is 8.64. The van der Waals surface area contributed by atoms with Gasteiger partial charge in [-0.2, -0.15) is 0 Å². The third-order valence-electron chi connectivity index (χ3n) is 7.48. The number of rotatable bonds is 5. The van der Waals surface area contributed by atoms with E-state index in [1.807, 2.05) is 18.2 Å². The second kappa shape index (κ2) is 8.27. The predicted molar refractivity (Wildman–Crippen MR) is 156 cm³/mol. The summed E-state index contributed by atoms with van der Waals surface area (Å²) in [7, 11) is 0. The topological polar surface area (TPSA) is 18.1 Å². The Hall–Kier alpha value is -4.04. The van der Waals surface area contributed by atoms with Gasteiger partial charge in [-0.3, -0.25) is 0 Å². The Balaban J connectivity index is 1.64. The van der Waals surface area contributed by atoms with Crippen molar-refractivity contribution in [2.75, 3.05) is 0 Å². The molecular formula is C34H31NO. The Morgan fingerprint density at radius 2 is 1.75 bits per heavy atom. The quantitative estimate of drug-likeness (QED) is 0.234. The molecule has 0 amide bonds. The Kier molecular flexibility index (Phi) is 5.15. The molecule has 0 aliphatic heterocycles. The fourth-order valence-corrected chi connectivity index (χ4v) is 5.85. The number of allylic oxidation sites excluding steroid dienone is 5. The van der Waals surface area contributed by atoms with Crippen molar-refractivity contribution in [1.29, 1.82) is 0 Å². The normalized spacial score (nSPS) is 15.1. The van der Waals surface area contributed by atoms with Crippen LogP contribution in [-0.2, 0) is 5.41 Å². The maximum absolute atomic E-state index is 6.28. The van der Waals surface area contributed by atoms with Crippen molar-refractivity contribution < 1.29 is 4.42 Å². The first-order valence-corrected chi connectivity index (χ1v) is 12.7. The third-order valence-corrected chi connectivity index (χ3v) is 7.48. The second-order valence-electron chi connectivity index (χ2n) is 10.2. The minimum absolute atomic E-state index is 0.0146. The number of para-hydroxylation sites is 1. The highest BCUT2D eigenvalue weighted by Gasteiger charge is 2.30. The molecule has 5 aromatic rings. The fraction of sp³-hybridized carbons (Fsp3) is 0.176. The van der Waals surface area contributed by atoms with Crippen molar-refractivity contribution in [2.24, 2.45) is 0 Å². The SMILES string of the molecule is C=Cc1c(/C=C\C)n(-c2ccc3c(c2)C(C)(C)C=C3C/C=C\C)c2cc3oc4ccccc4c3cc12. The molecule has 2 nitrogen and oxygen atoms in total. The number of nitrogens with zero attached hydrogens (tertiary/aromatic N) is 1. The lowest BCUT2D eigenvalue weighted by Crippen LogP contribution is -2.11. The van der Waals surface area contributed by atoms with Gasteiger partial charge in [0.05, 0.1) is 11.2 Å². The molecule has 1 aliphatic rings. The van der Waals surface area contributed by atoms with Crippen LogP contribution in [0.5, 0.6) is 0 Å². The van der Waals surface area contributed by atoms with Crippen LogP contribution in [0.3, 0.4) is 0 Å². The highest BCUT2D eigenvalue weighted by Crippen LogP contribution is 2.44. The predicted octanol–water partition coefficient (Wildman–Crippen LogP) is 9.85. The van der Waals surface area contributed by atoms with E-state index < -0.39 is 0 Å². The lowest BCUT2D eigenvalue weighted by atomic mass is 9.87. The highest BCUT2D eigenvalue weighted by molar-refractivity contribution is 6.12. The molecule has 0 saturated heterocycles. The molecule has 178 valence electrons. The molecule has 1 aliphatic carbocycles. The summed E-state index contributed by atoms with van der Waals surface area (Å²) in [5.41, 5.74) is 10.5. The summed E-state index contributed by atoms with van der Waals surface area (Å²) in [6, 6.07) is 19.6. The molecule has 0 radical (unpaired) electrons. The molecule has 0 atom stereocenters. The molecule has 3 aromatic carbocycles. The van der Waals surface area contributed by atoms with Crippen LogP contribution in [0.15, 0.2) is 89.9 Å². The van der Waals surface area contributed by atoms with Gasteiger partial charge in [-0.1, -0.05) is 75.1 Å². The molecule has 2 aromatic heterocycles. The molecule has 2 heterocycles. The van der Waals surface area contributed by atoms with Crippen LogP contribution in [0.25, 0.3) is 56.3 Å². The number of furan rings is 1. The van der Waals surface area contributed by atoms with Crippen LogP contribution in [-0.4, -0.2) is 4.57 Å². The number of aromatic nitrogens is 1. The maximum Gasteiger partial charge on any atom is 0.137 e. The van der Waals surface area contributed by atoms with Gasteiger partial charge >= 0.3 is 0 Å². The van der Waals surface area contributed by atoms with E-state index >= 15 is 0 Å². The van der Waals surface area contributed by atoms with E-state index in [9.17, 15) is 0 Å². The van der Waals surface area contributed by atoms with Crippen LogP contribution in [0.2, 0.25) is 0 Å². The molecule has 0 bridgehead atoms. The van der Waals surface area contributed by atoms with E-state index in [0.717, 1.165) is 50.8 Å². The summed E-state index contributed by atoms with van der Waals surface area (Å²) in [6.45, 7) is 13.0. The zero-order valence-corrected chi connectivity index (χ0v) is 21.4. The van der Waals surface area contributed by atoms with Crippen LogP contribution in [0.4, 0.5) is 0 Å². The van der Waals surface area contributed by atoms with E-state index in [4.69, 9.17) is 4.42 Å². The Morgan fingerprint density at radius 3 is 2.53 bits per heavy atom. The number of fused-ring (bicyclic) bond motifs is 5. The van der Waals surface area contributed by atoms with Crippen molar-refractivity contribution in [1.82, 2.24) is 4.57 Å². The molecule has 0 unspecified atom stereocenters. The molecule has 0 fully saturated rings. The monoisotopic (exact) mass is 469 g/mol. The van der Waals surface area contributed by atoms with Gasteiger partial charge in [0.2, 0.25) is 0 Å². The number of hydrogen-bond acceptors (Lipinski definition) is 1. The molecular weight excluding hydrogens is 438 g/mol. The first-order chi connectivity index (χ1) is 17.5. The summed E-state index contributed by atoms with van der Waals surface area (Å²) in [4.78, 5) is 0. The van der Waals surface area contributed by atoms with Crippen molar-refractivity contribution in [2.45, 2.75) is 39.5 Å². The van der Waals surface area contributed by atoms with Crippen LogP contribution >= 0.6 is 0 Å². The second-order valence-corrected chi connectivity index (χ2v) is 10.2. The van der Waals surface area contributed by atoms with E-state index in [1.165, 1.54) is 22.1 Å². The van der Waals surface area contributed by atoms with Gasteiger partial charge in [0.1, 0.15) is 11.2 Å². The molecule has 2 heteroatoms. The largest absolute Gasteiger partial charge is 0.456 e. The Bertz CT molecular complexity index is 1760. The van der Waals surface area contributed by atoms with Gasteiger partial charge < -0.3 is 8.98 Å². The third kappa shape index (κ3) is 3.25. The van der Waals surface area contributed by atoms with E-state index in [1.54, 1.807) is 0 Å². The molecule has 36 heavy (non-hydrogen) atoms. The van der Waals surface area contributed by atoms with E-state index in [0.29, 0.717) is 0 Å². The maximum atomic E-state index is 6.28. The van der Waals surface area contributed by atoms with E-state index in [-0.39, 0.29) is 5.41 Å². The van der Waals surface area contributed by atoms with Gasteiger partial charge in [-0.25, -0.2) is 0 Å². The van der Waals surface area contributed by atoms with Gasteiger partial charge in [-0.15, -0.1) is 0 Å². The zero-order valence-electron chi connectivity index (χ0n) is 21.4. The smallest absolute Gasteiger partial charge is 0.137 e. The first kappa shape index (κ1) is 22.4. The first-order valence-electron chi connectivity index (χ1n) is 12.7. The van der Waals surface area contributed by atoms with Crippen LogP contribution in [0.1, 0.15) is 56.5 Å². The molecule has 0 N–H and O–H groups in total. The van der Waals surface area contributed by atoms with Crippen molar-refractivity contribution in [3.8, 4) is 5.69 Å². The zero-order chi connectivity index (χ0) is 25.0. The average molecular weight is 470 g/mol. The fourth-order valence-electron chi connectivity index (χ4n) is 5.85. The number of benzene rings is 3. The van der Waals surface area contributed by atoms with Crippen molar-refractivity contribution >= 4 is 50.6 Å². The lowest BCUT2D eigenvalue weighted by Gasteiger charge is -2.20. The lowest BCUT2D eigenvalue weighted by molar-refractivity contribution is 0.669. The standard InChI is InChI=1S/C34H31NO/c1-6-9-13-22-21-34(4,5)29-18-23(16-17-25(22)29)35-30(12-7-2)24(8-3)27-19-28-26-14-10-11-15-32(26)36-33(28)20-31(27)35/h6-12,14-21H,3,13H2,1-2,4-5H3/b9-6-,12-7-. The van der Waals surface area contributed by atoms with Gasteiger partial charge in [0, 0.05) is 38.9 Å². The van der Waals surface area contributed by atoms with Gasteiger partial charge in [0.15, 0.2) is 0 Å². The van der Waals surface area contributed by atoms with Gasteiger partial charge in [-0.05, 0) is 67.3 Å². The average Bonchev–Trinajstić information content (AvgIpc) is 3.47. The summed E-state index contributed by atoms with van der Waals surface area (Å²) in [5, 5.41) is 3.46. The molecule has 6 rings (SSSR count). The van der Waals surface area contributed by atoms with Crippen LogP contribution in [0, 0.1) is 0 Å². The molecule has 0 spiro atoms. The Morgan fingerprint density at radius 1 is 0.917 bits per heavy atom. The highest BCUT2D eigenvalue weighted by atomic mass is 16.3. The molecule has 0 saturated carbocycles. The van der Waals surface area contributed by atoms with Crippen molar-refractivity contribution in [3.05, 3.63) is 108 Å². The number of hydrogen-bond donors (Lipinski definition) is 0. The summed E-state index contributed by atoms with van der Waals surface area (Å²) >= 11 is 0. The minimum Gasteiger partial charge on any atom is -0.456 e. The Labute approximate surface area is 212 Å². The van der Waals surface area contributed by atoms with Gasteiger partial charge in [0.25, 0.3) is 0 Å². The van der Waals surface area contributed by atoms with Crippen LogP contribution < -0.4 is 0 Å².